The molecule has 0 radical (unpaired) electrons. The minimum atomic E-state index is -0.238. The summed E-state index contributed by atoms with van der Waals surface area (Å²) in [6, 6.07) is 4.67. The number of halogens is 2. The molecule has 0 spiro atoms. The third kappa shape index (κ3) is 4.79. The monoisotopic (exact) mass is 286 g/mol. The lowest BCUT2D eigenvalue weighted by Gasteiger charge is -2.03. The minimum absolute atomic E-state index is 0.0283. The molecule has 0 saturated carbocycles. The molecule has 1 rings (SSSR count). The van der Waals surface area contributed by atoms with E-state index in [0.717, 1.165) is 19.3 Å². The fourth-order valence-electron chi connectivity index (χ4n) is 1.65. The van der Waals surface area contributed by atoms with E-state index in [0.29, 0.717) is 22.0 Å². The van der Waals surface area contributed by atoms with Crippen molar-refractivity contribution in [2.45, 2.75) is 39.0 Å². The van der Waals surface area contributed by atoms with E-state index in [1.54, 1.807) is 12.1 Å². The van der Waals surface area contributed by atoms with Crippen LogP contribution in [0.25, 0.3) is 0 Å². The molecule has 0 unspecified atom stereocenters. The molecular weight excluding hydrogens is 271 g/mol. The highest BCUT2D eigenvalue weighted by Crippen LogP contribution is 2.22. The topological polar surface area (TPSA) is 34.1 Å². The summed E-state index contributed by atoms with van der Waals surface area (Å²) in [5.74, 6) is -0.266. The maximum atomic E-state index is 11.9. The van der Waals surface area contributed by atoms with Crippen molar-refractivity contribution >= 4 is 34.8 Å². The average molecular weight is 287 g/mol. The van der Waals surface area contributed by atoms with E-state index in [1.807, 2.05) is 0 Å². The standard InChI is InChI=1S/C14H16Cl2O2/c1-2-3-4-5-11(17)9-14(18)12-7-6-10(15)8-13(12)16/h6-8H,2-5,9H2,1H3. The van der Waals surface area contributed by atoms with Crippen molar-refractivity contribution in [2.24, 2.45) is 0 Å². The van der Waals surface area contributed by atoms with Crippen molar-refractivity contribution in [3.63, 3.8) is 0 Å². The van der Waals surface area contributed by atoms with E-state index in [2.05, 4.69) is 6.92 Å². The van der Waals surface area contributed by atoms with Crippen molar-refractivity contribution in [2.75, 3.05) is 0 Å². The Morgan fingerprint density at radius 2 is 1.89 bits per heavy atom. The lowest BCUT2D eigenvalue weighted by atomic mass is 10.0. The molecule has 18 heavy (non-hydrogen) atoms. The van der Waals surface area contributed by atoms with Crippen LogP contribution in [0.4, 0.5) is 0 Å². The van der Waals surface area contributed by atoms with Crippen LogP contribution in [0, 0.1) is 0 Å². The molecule has 1 aromatic rings. The number of unbranched alkanes of at least 4 members (excludes halogenated alkanes) is 2. The van der Waals surface area contributed by atoms with E-state index in [9.17, 15) is 9.59 Å². The molecule has 0 aliphatic rings. The molecule has 0 fully saturated rings. The van der Waals surface area contributed by atoms with Gasteiger partial charge >= 0.3 is 0 Å². The Kier molecular flexibility index (Phi) is 6.37. The van der Waals surface area contributed by atoms with Crippen LogP contribution in [-0.4, -0.2) is 11.6 Å². The Morgan fingerprint density at radius 3 is 2.50 bits per heavy atom. The predicted octanol–water partition coefficient (Wildman–Crippen LogP) is 4.72. The van der Waals surface area contributed by atoms with E-state index >= 15 is 0 Å². The summed E-state index contributed by atoms with van der Waals surface area (Å²) in [5, 5.41) is 0.777. The Bertz CT molecular complexity index is 441. The maximum Gasteiger partial charge on any atom is 0.171 e. The smallest absolute Gasteiger partial charge is 0.171 e. The van der Waals surface area contributed by atoms with Gasteiger partial charge in [0.05, 0.1) is 11.4 Å². The van der Waals surface area contributed by atoms with Crippen LogP contribution in [0.5, 0.6) is 0 Å². The van der Waals surface area contributed by atoms with E-state index in [1.165, 1.54) is 6.07 Å². The predicted molar refractivity (Wildman–Crippen MR) is 74.6 cm³/mol. The first-order chi connectivity index (χ1) is 8.54. The van der Waals surface area contributed by atoms with Crippen molar-refractivity contribution in [1.82, 2.24) is 0 Å². The zero-order valence-electron chi connectivity index (χ0n) is 10.3. The van der Waals surface area contributed by atoms with Gasteiger partial charge in [-0.1, -0.05) is 43.0 Å². The molecular formula is C14H16Cl2O2. The zero-order chi connectivity index (χ0) is 13.5. The van der Waals surface area contributed by atoms with Crippen LogP contribution in [0.2, 0.25) is 10.0 Å². The lowest BCUT2D eigenvalue weighted by Crippen LogP contribution is -2.08. The van der Waals surface area contributed by atoms with Gasteiger partial charge in [-0.2, -0.15) is 0 Å². The Labute approximate surface area is 117 Å². The average Bonchev–Trinajstić information content (AvgIpc) is 2.28. The SMILES string of the molecule is CCCCCC(=O)CC(=O)c1ccc(Cl)cc1Cl. The Balaban J connectivity index is 2.57. The van der Waals surface area contributed by atoms with Gasteiger partial charge in [0, 0.05) is 17.0 Å². The first-order valence-electron chi connectivity index (χ1n) is 6.04. The lowest BCUT2D eigenvalue weighted by molar-refractivity contribution is -0.118. The summed E-state index contributed by atoms with van der Waals surface area (Å²) in [6.07, 6.45) is 3.30. The quantitative estimate of drug-likeness (QED) is 0.413. The highest BCUT2D eigenvalue weighted by Gasteiger charge is 2.14. The fourth-order valence-corrected chi connectivity index (χ4v) is 2.16. The molecule has 4 heteroatoms. The summed E-state index contributed by atoms with van der Waals surface area (Å²) in [6.45, 7) is 2.07. The van der Waals surface area contributed by atoms with Crippen LogP contribution < -0.4 is 0 Å². The van der Waals surface area contributed by atoms with Crippen LogP contribution in [0.3, 0.4) is 0 Å². The molecule has 0 atom stereocenters. The number of benzene rings is 1. The van der Waals surface area contributed by atoms with Crippen molar-refractivity contribution < 1.29 is 9.59 Å². The number of carbonyl (C=O) groups excluding carboxylic acids is 2. The molecule has 0 saturated heterocycles. The highest BCUT2D eigenvalue weighted by molar-refractivity contribution is 6.37. The molecule has 0 N–H and O–H groups in total. The summed E-state index contributed by atoms with van der Waals surface area (Å²) in [7, 11) is 0. The second kappa shape index (κ2) is 7.55. The summed E-state index contributed by atoms with van der Waals surface area (Å²) in [4.78, 5) is 23.5. The second-order valence-electron chi connectivity index (χ2n) is 4.22. The first-order valence-corrected chi connectivity index (χ1v) is 6.80. The number of Topliss-reactive ketones (excluding diaryl/α,β-unsaturated/α-hetero) is 2. The van der Waals surface area contributed by atoms with Gasteiger partial charge in [-0.3, -0.25) is 9.59 Å². The zero-order valence-corrected chi connectivity index (χ0v) is 11.9. The largest absolute Gasteiger partial charge is 0.299 e. The number of carbonyl (C=O) groups is 2. The molecule has 0 heterocycles. The van der Waals surface area contributed by atoms with Gasteiger partial charge in [0.2, 0.25) is 0 Å². The molecule has 0 bridgehead atoms. The van der Waals surface area contributed by atoms with Crippen LogP contribution in [0.1, 0.15) is 49.4 Å². The van der Waals surface area contributed by atoms with Crippen molar-refractivity contribution in [3.05, 3.63) is 33.8 Å². The van der Waals surface area contributed by atoms with Crippen molar-refractivity contribution in [1.29, 1.82) is 0 Å². The highest BCUT2D eigenvalue weighted by atomic mass is 35.5. The summed E-state index contributed by atoms with van der Waals surface area (Å²) < 4.78 is 0. The first kappa shape index (κ1) is 15.2. The maximum absolute atomic E-state index is 11.9. The Hall–Kier alpha value is -0.860. The number of hydrogen-bond acceptors (Lipinski definition) is 2. The van der Waals surface area contributed by atoms with Gasteiger partial charge in [0.25, 0.3) is 0 Å². The molecule has 0 aliphatic carbocycles. The van der Waals surface area contributed by atoms with Gasteiger partial charge in [-0.05, 0) is 24.6 Å². The minimum Gasteiger partial charge on any atom is -0.299 e. The third-order valence-electron chi connectivity index (χ3n) is 2.65. The molecule has 1 aromatic carbocycles. The number of rotatable bonds is 7. The molecule has 98 valence electrons. The van der Waals surface area contributed by atoms with Crippen LogP contribution >= 0.6 is 23.2 Å². The molecule has 0 aliphatic heterocycles. The normalized spacial score (nSPS) is 10.4. The molecule has 0 aromatic heterocycles. The number of hydrogen-bond donors (Lipinski definition) is 0. The Morgan fingerprint density at radius 1 is 1.17 bits per heavy atom. The van der Waals surface area contributed by atoms with E-state index in [4.69, 9.17) is 23.2 Å². The van der Waals surface area contributed by atoms with Gasteiger partial charge in [-0.15, -0.1) is 0 Å². The van der Waals surface area contributed by atoms with Crippen LogP contribution in [-0.2, 0) is 4.79 Å². The summed E-state index contributed by atoms with van der Waals surface area (Å²) in [5.41, 5.74) is 0.366. The molecule has 0 amide bonds. The summed E-state index contributed by atoms with van der Waals surface area (Å²) >= 11 is 11.7. The van der Waals surface area contributed by atoms with E-state index in [-0.39, 0.29) is 18.0 Å². The third-order valence-corrected chi connectivity index (χ3v) is 3.20. The number of ketones is 2. The van der Waals surface area contributed by atoms with Gasteiger partial charge in [-0.25, -0.2) is 0 Å². The van der Waals surface area contributed by atoms with Gasteiger partial charge in [0.1, 0.15) is 5.78 Å². The molecule has 2 nitrogen and oxygen atoms in total. The van der Waals surface area contributed by atoms with E-state index < -0.39 is 0 Å². The van der Waals surface area contributed by atoms with Gasteiger partial charge in [0.15, 0.2) is 5.78 Å². The van der Waals surface area contributed by atoms with Gasteiger partial charge < -0.3 is 0 Å². The second-order valence-corrected chi connectivity index (χ2v) is 5.06. The van der Waals surface area contributed by atoms with Crippen molar-refractivity contribution in [3.8, 4) is 0 Å². The van der Waals surface area contributed by atoms with Crippen LogP contribution in [0.15, 0.2) is 18.2 Å². The fraction of sp³-hybridized carbons (Fsp3) is 0.429.